The van der Waals surface area contributed by atoms with E-state index in [4.69, 9.17) is 27.9 Å². The summed E-state index contributed by atoms with van der Waals surface area (Å²) in [7, 11) is 0. The molecule has 86 valence electrons. The molecule has 1 heterocycles. The molecule has 1 aliphatic rings. The third-order valence-corrected chi connectivity index (χ3v) is 3.68. The Hall–Kier alpha value is -0.570. The second-order valence-electron chi connectivity index (χ2n) is 4.02. The van der Waals surface area contributed by atoms with Gasteiger partial charge in [-0.05, 0) is 24.5 Å². The Morgan fingerprint density at radius 2 is 2.19 bits per heavy atom. The van der Waals surface area contributed by atoms with Gasteiger partial charge in [-0.3, -0.25) is 4.79 Å². The highest BCUT2D eigenvalue weighted by atomic mass is 35.5. The minimum atomic E-state index is -0.379. The van der Waals surface area contributed by atoms with Crippen molar-refractivity contribution in [2.24, 2.45) is 5.92 Å². The molecule has 0 aromatic heterocycles. The van der Waals surface area contributed by atoms with Gasteiger partial charge in [0.15, 0.2) is 5.78 Å². The van der Waals surface area contributed by atoms with E-state index < -0.39 is 0 Å². The second-order valence-corrected chi connectivity index (χ2v) is 4.81. The summed E-state index contributed by atoms with van der Waals surface area (Å²) in [6.45, 7) is 2.64. The van der Waals surface area contributed by atoms with Gasteiger partial charge in [-0.1, -0.05) is 36.2 Å². The third-order valence-electron chi connectivity index (χ3n) is 2.86. The topological polar surface area (TPSA) is 26.3 Å². The number of benzene rings is 1. The molecule has 1 aromatic rings. The third kappa shape index (κ3) is 2.10. The van der Waals surface area contributed by atoms with Gasteiger partial charge in [0, 0.05) is 12.2 Å². The van der Waals surface area contributed by atoms with Gasteiger partial charge in [0.25, 0.3) is 0 Å². The number of hydrogen-bond donors (Lipinski definition) is 0. The average molecular weight is 259 g/mol. The van der Waals surface area contributed by atoms with E-state index in [0.717, 1.165) is 6.42 Å². The zero-order valence-corrected chi connectivity index (χ0v) is 10.4. The molecule has 2 atom stereocenters. The number of halogens is 2. The maximum atomic E-state index is 12.2. The highest BCUT2D eigenvalue weighted by Gasteiger charge is 2.32. The molecule has 1 saturated heterocycles. The van der Waals surface area contributed by atoms with Crippen molar-refractivity contribution < 1.29 is 9.53 Å². The average Bonchev–Trinajstić information content (AvgIpc) is 2.68. The quantitative estimate of drug-likeness (QED) is 0.758. The van der Waals surface area contributed by atoms with Crippen molar-refractivity contribution in [3.8, 4) is 0 Å². The second kappa shape index (κ2) is 4.74. The Bertz CT molecular complexity index is 417. The van der Waals surface area contributed by atoms with Gasteiger partial charge in [-0.25, -0.2) is 0 Å². The van der Waals surface area contributed by atoms with Gasteiger partial charge in [-0.15, -0.1) is 0 Å². The van der Waals surface area contributed by atoms with Crippen LogP contribution in [0, 0.1) is 5.92 Å². The van der Waals surface area contributed by atoms with Crippen LogP contribution in [0.1, 0.15) is 23.7 Å². The maximum absolute atomic E-state index is 12.2. The van der Waals surface area contributed by atoms with E-state index >= 15 is 0 Å². The fourth-order valence-corrected chi connectivity index (χ4v) is 2.27. The molecule has 1 fully saturated rings. The minimum Gasteiger partial charge on any atom is -0.370 e. The van der Waals surface area contributed by atoms with Crippen LogP contribution in [-0.2, 0) is 4.74 Å². The summed E-state index contributed by atoms with van der Waals surface area (Å²) < 4.78 is 5.43. The standard InChI is InChI=1S/C12H12Cl2O2/c1-7-5-6-16-12(7)11(15)8-3-2-4-9(13)10(8)14/h2-4,7,12H,5-6H2,1H3. The van der Waals surface area contributed by atoms with Crippen LogP contribution in [0.5, 0.6) is 0 Å². The van der Waals surface area contributed by atoms with E-state index in [0.29, 0.717) is 22.2 Å². The van der Waals surface area contributed by atoms with Crippen LogP contribution < -0.4 is 0 Å². The molecule has 0 radical (unpaired) electrons. The van der Waals surface area contributed by atoms with Crippen molar-refractivity contribution >= 4 is 29.0 Å². The largest absolute Gasteiger partial charge is 0.370 e. The van der Waals surface area contributed by atoms with Gasteiger partial charge < -0.3 is 4.74 Å². The van der Waals surface area contributed by atoms with Gasteiger partial charge in [0.1, 0.15) is 6.10 Å². The lowest BCUT2D eigenvalue weighted by Gasteiger charge is -2.14. The van der Waals surface area contributed by atoms with Crippen LogP contribution in [0.3, 0.4) is 0 Å². The first-order valence-corrected chi connectivity index (χ1v) is 5.96. The van der Waals surface area contributed by atoms with Crippen LogP contribution >= 0.6 is 23.2 Å². The molecule has 1 aromatic carbocycles. The van der Waals surface area contributed by atoms with Gasteiger partial charge >= 0.3 is 0 Å². The van der Waals surface area contributed by atoms with Crippen LogP contribution in [-0.4, -0.2) is 18.5 Å². The lowest BCUT2D eigenvalue weighted by atomic mass is 9.96. The van der Waals surface area contributed by atoms with Gasteiger partial charge in [-0.2, -0.15) is 0 Å². The lowest BCUT2D eigenvalue weighted by molar-refractivity contribution is 0.0579. The Morgan fingerprint density at radius 3 is 2.81 bits per heavy atom. The van der Waals surface area contributed by atoms with Crippen molar-refractivity contribution in [1.29, 1.82) is 0 Å². The van der Waals surface area contributed by atoms with E-state index in [2.05, 4.69) is 0 Å². The molecular weight excluding hydrogens is 247 g/mol. The Balaban J connectivity index is 2.30. The predicted molar refractivity (Wildman–Crippen MR) is 64.3 cm³/mol. The monoisotopic (exact) mass is 258 g/mol. The van der Waals surface area contributed by atoms with Crippen molar-refractivity contribution in [1.82, 2.24) is 0 Å². The molecule has 2 rings (SSSR count). The number of rotatable bonds is 2. The van der Waals surface area contributed by atoms with Gasteiger partial charge in [0.2, 0.25) is 0 Å². The van der Waals surface area contributed by atoms with Gasteiger partial charge in [0.05, 0.1) is 10.0 Å². The fourth-order valence-electron chi connectivity index (χ4n) is 1.88. The summed E-state index contributed by atoms with van der Waals surface area (Å²) in [6, 6.07) is 5.08. The molecule has 0 N–H and O–H groups in total. The fraction of sp³-hybridized carbons (Fsp3) is 0.417. The molecule has 16 heavy (non-hydrogen) atoms. The zero-order valence-electron chi connectivity index (χ0n) is 8.87. The zero-order chi connectivity index (χ0) is 11.7. The molecule has 0 saturated carbocycles. The Labute approximate surface area is 104 Å². The summed E-state index contributed by atoms with van der Waals surface area (Å²) in [5.74, 6) is 0.167. The summed E-state index contributed by atoms with van der Waals surface area (Å²) in [4.78, 5) is 12.2. The number of ketones is 1. The number of hydrogen-bond acceptors (Lipinski definition) is 2. The summed E-state index contributed by atoms with van der Waals surface area (Å²) in [6.07, 6.45) is 0.533. The van der Waals surface area contributed by atoms with Crippen LogP contribution in [0.4, 0.5) is 0 Å². The summed E-state index contributed by atoms with van der Waals surface area (Å²) in [5.41, 5.74) is 0.452. The SMILES string of the molecule is CC1CCOC1C(=O)c1cccc(Cl)c1Cl. The highest BCUT2D eigenvalue weighted by Crippen LogP contribution is 2.30. The van der Waals surface area contributed by atoms with E-state index in [1.165, 1.54) is 0 Å². The van der Waals surface area contributed by atoms with Crippen molar-refractivity contribution in [2.75, 3.05) is 6.61 Å². The van der Waals surface area contributed by atoms with E-state index in [1.54, 1.807) is 18.2 Å². The first-order valence-electron chi connectivity index (χ1n) is 5.21. The molecule has 4 heteroatoms. The number of Topliss-reactive ketones (excluding diaryl/α,β-unsaturated/α-hetero) is 1. The number of carbonyl (C=O) groups excluding carboxylic acids is 1. The van der Waals surface area contributed by atoms with Crippen LogP contribution in [0.15, 0.2) is 18.2 Å². The predicted octanol–water partition coefficient (Wildman–Crippen LogP) is 3.60. The first-order chi connectivity index (χ1) is 7.61. The smallest absolute Gasteiger partial charge is 0.193 e. The highest BCUT2D eigenvalue weighted by molar-refractivity contribution is 6.44. The van der Waals surface area contributed by atoms with E-state index in [-0.39, 0.29) is 17.8 Å². The van der Waals surface area contributed by atoms with E-state index in [1.807, 2.05) is 6.92 Å². The van der Waals surface area contributed by atoms with Crippen molar-refractivity contribution in [3.63, 3.8) is 0 Å². The van der Waals surface area contributed by atoms with E-state index in [9.17, 15) is 4.79 Å². The minimum absolute atomic E-state index is 0.0718. The van der Waals surface area contributed by atoms with Crippen LogP contribution in [0.25, 0.3) is 0 Å². The van der Waals surface area contributed by atoms with Crippen molar-refractivity contribution in [3.05, 3.63) is 33.8 Å². The summed E-state index contributed by atoms with van der Waals surface area (Å²) in [5, 5.41) is 0.718. The molecule has 0 amide bonds. The number of carbonyl (C=O) groups is 1. The molecule has 2 unspecified atom stereocenters. The van der Waals surface area contributed by atoms with Crippen LogP contribution in [0.2, 0.25) is 10.0 Å². The molecular formula is C12H12Cl2O2. The molecule has 0 aliphatic carbocycles. The maximum Gasteiger partial charge on any atom is 0.193 e. The molecule has 2 nitrogen and oxygen atoms in total. The normalized spacial score (nSPS) is 24.7. The Kier molecular flexibility index (Phi) is 3.53. The Morgan fingerprint density at radius 1 is 1.44 bits per heavy atom. The molecule has 0 spiro atoms. The number of ether oxygens (including phenoxy) is 1. The first kappa shape index (κ1) is 11.9. The summed E-state index contributed by atoms with van der Waals surface area (Å²) >= 11 is 11.9. The van der Waals surface area contributed by atoms with Crippen molar-refractivity contribution in [2.45, 2.75) is 19.4 Å². The molecule has 0 bridgehead atoms. The molecule has 1 aliphatic heterocycles. The lowest BCUT2D eigenvalue weighted by Crippen LogP contribution is -2.25.